The Bertz CT molecular complexity index is 768. The molecule has 0 amide bonds. The number of unbranched alkanes of at least 4 members (excludes halogenated alkanes) is 2. The van der Waals surface area contributed by atoms with Gasteiger partial charge in [-0.05, 0) is 80.5 Å². The molecule has 8 heteroatoms. The maximum absolute atomic E-state index is 10.8. The molecule has 1 fully saturated rings. The summed E-state index contributed by atoms with van der Waals surface area (Å²) in [7, 11) is 1.85. The van der Waals surface area contributed by atoms with E-state index in [1.165, 1.54) is 5.56 Å². The van der Waals surface area contributed by atoms with Crippen LogP contribution >= 0.6 is 0 Å². The number of carboxylic acid groups (broad SMARTS) is 1. The molecule has 8 nitrogen and oxygen atoms in total. The largest absolute Gasteiger partial charge is 0.482 e. The van der Waals surface area contributed by atoms with Gasteiger partial charge in [-0.25, -0.2) is 4.79 Å². The normalized spacial score (nSPS) is 23.4. The number of fused-ring (bicyclic) bond motifs is 2. The molecule has 0 radical (unpaired) electrons. The number of aliphatic carboxylic acids is 1. The number of rotatable bonds is 14. The molecule has 2 aliphatic rings. The molecule has 0 bridgehead atoms. The second-order valence-electron chi connectivity index (χ2n) is 10.4. The zero-order chi connectivity index (χ0) is 26.5. The summed E-state index contributed by atoms with van der Waals surface area (Å²) in [5, 5.41) is 46.5. The van der Waals surface area contributed by atoms with Gasteiger partial charge in [0.25, 0.3) is 0 Å². The van der Waals surface area contributed by atoms with Crippen LogP contribution in [0.1, 0.15) is 63.0 Å². The predicted molar refractivity (Wildman–Crippen MR) is 139 cm³/mol. The first-order chi connectivity index (χ1) is 17.3. The van der Waals surface area contributed by atoms with Crippen molar-refractivity contribution in [2.75, 3.05) is 40.0 Å². The molecule has 2 aliphatic carbocycles. The smallest absolute Gasteiger partial charge is 0.341 e. The van der Waals surface area contributed by atoms with Crippen LogP contribution in [-0.4, -0.2) is 88.6 Å². The minimum absolute atomic E-state index is 0.163. The summed E-state index contributed by atoms with van der Waals surface area (Å²) in [5.41, 5.74) is 2.32. The summed E-state index contributed by atoms with van der Waals surface area (Å²) >= 11 is 0. The lowest BCUT2D eigenvalue weighted by Crippen LogP contribution is -2.28. The molecule has 5 atom stereocenters. The van der Waals surface area contributed by atoms with E-state index in [1.54, 1.807) is 0 Å². The van der Waals surface area contributed by atoms with E-state index in [2.05, 4.69) is 13.0 Å². The Morgan fingerprint density at radius 3 is 2.50 bits per heavy atom. The van der Waals surface area contributed by atoms with Crippen molar-refractivity contribution in [1.82, 2.24) is 4.90 Å². The van der Waals surface area contributed by atoms with Crippen LogP contribution in [0.25, 0.3) is 0 Å². The molecule has 0 aliphatic heterocycles. The van der Waals surface area contributed by atoms with E-state index in [4.69, 9.17) is 20.1 Å². The second kappa shape index (κ2) is 16.2. The maximum atomic E-state index is 10.8. The van der Waals surface area contributed by atoms with Crippen LogP contribution in [0.15, 0.2) is 18.2 Å². The van der Waals surface area contributed by atoms with Gasteiger partial charge in [-0.2, -0.15) is 0 Å². The highest BCUT2D eigenvalue weighted by atomic mass is 16.5. The summed E-state index contributed by atoms with van der Waals surface area (Å²) in [6, 6.07) is 5.87. The first-order valence-electron chi connectivity index (χ1n) is 13.5. The fraction of sp³-hybridized carbons (Fsp3) is 0.750. The Hall–Kier alpha value is -1.71. The van der Waals surface area contributed by atoms with Crippen molar-refractivity contribution < 1.29 is 35.1 Å². The molecule has 206 valence electrons. The topological polar surface area (TPSA) is 131 Å². The number of ether oxygens (including phenoxy) is 1. The fourth-order valence-electron chi connectivity index (χ4n) is 5.69. The number of nitrogens with zero attached hydrogens (tertiary/aromatic N) is 1. The lowest BCUT2D eigenvalue weighted by molar-refractivity contribution is -0.139. The van der Waals surface area contributed by atoms with E-state index < -0.39 is 5.97 Å². The van der Waals surface area contributed by atoms with Gasteiger partial charge in [0, 0.05) is 13.1 Å². The molecule has 5 N–H and O–H groups in total. The van der Waals surface area contributed by atoms with Gasteiger partial charge in [0.2, 0.25) is 0 Å². The Kier molecular flexibility index (Phi) is 13.7. The minimum Gasteiger partial charge on any atom is -0.482 e. The van der Waals surface area contributed by atoms with Crippen LogP contribution < -0.4 is 4.74 Å². The molecule has 0 spiro atoms. The van der Waals surface area contributed by atoms with Crippen LogP contribution in [0.3, 0.4) is 0 Å². The highest BCUT2D eigenvalue weighted by Crippen LogP contribution is 2.48. The SMILES string of the molecule is CCCCC[C@H](O)CC[C@@H]1[C@H]2Cc3cccc(OCC(=O)O)c3C[C@H]2C[C@H]1O.CN(CCO)CCO. The zero-order valence-electron chi connectivity index (χ0n) is 22.0. The van der Waals surface area contributed by atoms with Gasteiger partial charge in [-0.15, -0.1) is 0 Å². The number of benzene rings is 1. The molecule has 1 aromatic rings. The van der Waals surface area contributed by atoms with Gasteiger partial charge in [0.05, 0.1) is 25.4 Å². The monoisotopic (exact) mass is 509 g/mol. The molecular weight excluding hydrogens is 462 g/mol. The van der Waals surface area contributed by atoms with Gasteiger partial charge in [-0.1, -0.05) is 38.3 Å². The highest BCUT2D eigenvalue weighted by Gasteiger charge is 2.44. The first kappa shape index (κ1) is 30.5. The average molecular weight is 510 g/mol. The number of aliphatic hydroxyl groups is 4. The summed E-state index contributed by atoms with van der Waals surface area (Å²) in [6.07, 6.45) is 7.85. The average Bonchev–Trinajstić information content (AvgIpc) is 3.14. The highest BCUT2D eigenvalue weighted by molar-refractivity contribution is 5.68. The van der Waals surface area contributed by atoms with E-state index in [1.807, 2.05) is 24.1 Å². The first-order valence-corrected chi connectivity index (χ1v) is 13.5. The molecule has 36 heavy (non-hydrogen) atoms. The van der Waals surface area contributed by atoms with E-state index in [-0.39, 0.29) is 37.9 Å². The Balaban J connectivity index is 0.000000493. The summed E-state index contributed by atoms with van der Waals surface area (Å²) in [4.78, 5) is 12.7. The maximum Gasteiger partial charge on any atom is 0.341 e. The third-order valence-corrected chi connectivity index (χ3v) is 7.63. The van der Waals surface area contributed by atoms with Crippen LogP contribution in [0.2, 0.25) is 0 Å². The zero-order valence-corrected chi connectivity index (χ0v) is 22.0. The van der Waals surface area contributed by atoms with Gasteiger partial charge < -0.3 is 35.2 Å². The van der Waals surface area contributed by atoms with Gasteiger partial charge >= 0.3 is 5.97 Å². The molecule has 1 aromatic carbocycles. The van der Waals surface area contributed by atoms with Crippen LogP contribution in [0.4, 0.5) is 0 Å². The van der Waals surface area contributed by atoms with Crippen LogP contribution in [0.5, 0.6) is 5.75 Å². The molecule has 0 heterocycles. The van der Waals surface area contributed by atoms with Crippen molar-refractivity contribution in [2.45, 2.75) is 76.9 Å². The van der Waals surface area contributed by atoms with Crippen molar-refractivity contribution in [3.63, 3.8) is 0 Å². The second-order valence-corrected chi connectivity index (χ2v) is 10.4. The Morgan fingerprint density at radius 2 is 1.86 bits per heavy atom. The van der Waals surface area contributed by atoms with E-state index in [0.29, 0.717) is 30.7 Å². The number of likely N-dealkylation sites (N-methyl/N-ethyl adjacent to an activating group) is 1. The van der Waals surface area contributed by atoms with Crippen molar-refractivity contribution >= 4 is 5.97 Å². The van der Waals surface area contributed by atoms with Crippen LogP contribution in [0, 0.1) is 17.8 Å². The fourth-order valence-corrected chi connectivity index (χ4v) is 5.69. The number of hydrogen-bond donors (Lipinski definition) is 5. The van der Waals surface area contributed by atoms with Gasteiger partial charge in [-0.3, -0.25) is 0 Å². The lowest BCUT2D eigenvalue weighted by Gasteiger charge is -2.32. The molecular formula is C28H47NO7. The van der Waals surface area contributed by atoms with Crippen molar-refractivity contribution in [2.24, 2.45) is 17.8 Å². The van der Waals surface area contributed by atoms with Crippen LogP contribution in [-0.2, 0) is 17.6 Å². The predicted octanol–water partition coefficient (Wildman–Crippen LogP) is 2.49. The third-order valence-electron chi connectivity index (χ3n) is 7.63. The summed E-state index contributed by atoms with van der Waals surface area (Å²) < 4.78 is 5.50. The molecule has 0 saturated heterocycles. The number of aliphatic hydroxyl groups excluding tert-OH is 4. The summed E-state index contributed by atoms with van der Waals surface area (Å²) in [5.74, 6) is 0.768. The Labute approximate surface area is 215 Å². The van der Waals surface area contributed by atoms with Crippen molar-refractivity contribution in [1.29, 1.82) is 0 Å². The molecule has 3 rings (SSSR count). The molecule has 1 saturated carbocycles. The number of hydrogen-bond acceptors (Lipinski definition) is 7. The quantitative estimate of drug-likeness (QED) is 0.242. The van der Waals surface area contributed by atoms with Crippen molar-refractivity contribution in [3.8, 4) is 5.75 Å². The molecule has 0 aromatic heterocycles. The standard InChI is InChI=1S/C23H34O5.C5H13NO2/c1-2-3-4-7-17(24)9-10-18-19-11-15-6-5-8-22(28-14-23(26)27)20(15)12-16(19)13-21(18)25;1-6(2-4-7)3-5-8/h5-6,8,16-19,21,24-25H,2-4,7,9-14H2,1H3,(H,26,27);7-8H,2-5H2,1H3/t16-,17-,18+,19-,21+;/m0./s1. The van der Waals surface area contributed by atoms with Crippen molar-refractivity contribution in [3.05, 3.63) is 29.3 Å². The van der Waals surface area contributed by atoms with E-state index >= 15 is 0 Å². The van der Waals surface area contributed by atoms with Gasteiger partial charge in [0.15, 0.2) is 6.61 Å². The van der Waals surface area contributed by atoms with E-state index in [0.717, 1.165) is 63.4 Å². The molecule has 0 unspecified atom stereocenters. The third kappa shape index (κ3) is 9.63. The summed E-state index contributed by atoms with van der Waals surface area (Å²) in [6.45, 7) is 3.44. The minimum atomic E-state index is -0.972. The number of carboxylic acids is 1. The van der Waals surface area contributed by atoms with E-state index in [9.17, 15) is 15.0 Å². The van der Waals surface area contributed by atoms with Gasteiger partial charge in [0.1, 0.15) is 5.75 Å². The Morgan fingerprint density at radius 1 is 1.14 bits per heavy atom. The number of carbonyl (C=O) groups is 1. The lowest BCUT2D eigenvalue weighted by atomic mass is 9.73.